The first kappa shape index (κ1) is 14.2. The minimum Gasteiger partial charge on any atom is -0.349 e. The van der Waals surface area contributed by atoms with E-state index in [2.05, 4.69) is 10.3 Å². The number of benzene rings is 1. The van der Waals surface area contributed by atoms with E-state index in [0.29, 0.717) is 0 Å². The highest BCUT2D eigenvalue weighted by atomic mass is 16.1. The molecular formula is C16H19N3O. The van der Waals surface area contributed by atoms with Gasteiger partial charge in [0.1, 0.15) is 0 Å². The second-order valence-corrected chi connectivity index (χ2v) is 4.72. The maximum Gasteiger partial charge on any atom is 0.229 e. The molecule has 2 atom stereocenters. The van der Waals surface area contributed by atoms with Gasteiger partial charge in [-0.15, -0.1) is 0 Å². The van der Waals surface area contributed by atoms with Gasteiger partial charge in [0.2, 0.25) is 5.91 Å². The number of nitrogens with two attached hydrogens (primary N) is 1. The normalized spacial score (nSPS) is 13.5. The van der Waals surface area contributed by atoms with Crippen LogP contribution >= 0.6 is 0 Å². The number of carbonyl (C=O) groups is 1. The average molecular weight is 269 g/mol. The molecule has 1 aromatic heterocycles. The number of aromatic nitrogens is 1. The number of amides is 1. The molecule has 0 bridgehead atoms. The van der Waals surface area contributed by atoms with Crippen molar-refractivity contribution >= 4 is 5.91 Å². The molecule has 0 spiro atoms. The maximum absolute atomic E-state index is 12.3. The summed E-state index contributed by atoms with van der Waals surface area (Å²) in [5.41, 5.74) is 7.66. The van der Waals surface area contributed by atoms with E-state index in [1.807, 2.05) is 49.4 Å². The smallest absolute Gasteiger partial charge is 0.229 e. The van der Waals surface area contributed by atoms with Crippen molar-refractivity contribution in [1.82, 2.24) is 10.3 Å². The van der Waals surface area contributed by atoms with Crippen molar-refractivity contribution in [3.05, 3.63) is 66.0 Å². The van der Waals surface area contributed by atoms with Gasteiger partial charge in [-0.3, -0.25) is 9.78 Å². The number of nitrogens with zero attached hydrogens (tertiary/aromatic N) is 1. The van der Waals surface area contributed by atoms with E-state index >= 15 is 0 Å². The van der Waals surface area contributed by atoms with Crippen LogP contribution in [-0.2, 0) is 4.79 Å². The van der Waals surface area contributed by atoms with Gasteiger partial charge in [-0.2, -0.15) is 0 Å². The Hall–Kier alpha value is -2.20. The van der Waals surface area contributed by atoms with E-state index in [4.69, 9.17) is 5.73 Å². The van der Waals surface area contributed by atoms with Gasteiger partial charge in [0, 0.05) is 18.9 Å². The average Bonchev–Trinajstić information content (AvgIpc) is 2.50. The van der Waals surface area contributed by atoms with Gasteiger partial charge in [-0.25, -0.2) is 0 Å². The van der Waals surface area contributed by atoms with Crippen molar-refractivity contribution in [2.75, 3.05) is 6.54 Å². The molecule has 1 amide bonds. The summed E-state index contributed by atoms with van der Waals surface area (Å²) < 4.78 is 0. The lowest BCUT2D eigenvalue weighted by atomic mass is 9.97. The summed E-state index contributed by atoms with van der Waals surface area (Å²) in [6, 6.07) is 13.3. The Morgan fingerprint density at radius 2 is 1.90 bits per heavy atom. The molecule has 1 heterocycles. The summed E-state index contributed by atoms with van der Waals surface area (Å²) in [6.07, 6.45) is 3.47. The van der Waals surface area contributed by atoms with Crippen molar-refractivity contribution in [1.29, 1.82) is 0 Å². The molecule has 104 valence electrons. The van der Waals surface area contributed by atoms with Gasteiger partial charge in [-0.1, -0.05) is 36.4 Å². The number of rotatable bonds is 5. The Kier molecular flexibility index (Phi) is 4.85. The molecule has 0 fully saturated rings. The predicted octanol–water partition coefficient (Wildman–Crippen LogP) is 2.00. The molecule has 2 rings (SSSR count). The Balaban J connectivity index is 2.07. The van der Waals surface area contributed by atoms with Gasteiger partial charge in [0.25, 0.3) is 0 Å². The zero-order valence-corrected chi connectivity index (χ0v) is 11.5. The van der Waals surface area contributed by atoms with Crippen molar-refractivity contribution in [3.63, 3.8) is 0 Å². The number of nitrogens with one attached hydrogen (secondary N) is 1. The van der Waals surface area contributed by atoms with Crippen LogP contribution in [0.2, 0.25) is 0 Å². The third kappa shape index (κ3) is 3.42. The lowest BCUT2D eigenvalue weighted by Crippen LogP contribution is -2.35. The van der Waals surface area contributed by atoms with Crippen LogP contribution in [0.3, 0.4) is 0 Å². The fourth-order valence-corrected chi connectivity index (χ4v) is 2.11. The van der Waals surface area contributed by atoms with Crippen molar-refractivity contribution in [2.45, 2.75) is 18.9 Å². The van der Waals surface area contributed by atoms with Crippen LogP contribution in [0.5, 0.6) is 0 Å². The van der Waals surface area contributed by atoms with Crippen LogP contribution in [0, 0.1) is 0 Å². The Morgan fingerprint density at radius 1 is 1.20 bits per heavy atom. The van der Waals surface area contributed by atoms with E-state index < -0.39 is 0 Å². The molecule has 1 aromatic carbocycles. The quantitative estimate of drug-likeness (QED) is 0.872. The molecule has 0 saturated carbocycles. The predicted molar refractivity (Wildman–Crippen MR) is 79.0 cm³/mol. The van der Waals surface area contributed by atoms with Crippen molar-refractivity contribution < 1.29 is 4.79 Å². The molecule has 0 aliphatic rings. The molecule has 0 radical (unpaired) electrons. The Morgan fingerprint density at radius 3 is 2.50 bits per heavy atom. The fourth-order valence-electron chi connectivity index (χ4n) is 2.11. The third-order valence-corrected chi connectivity index (χ3v) is 3.30. The molecule has 0 aliphatic heterocycles. The van der Waals surface area contributed by atoms with E-state index in [1.54, 1.807) is 12.4 Å². The van der Waals surface area contributed by atoms with Gasteiger partial charge in [-0.05, 0) is 24.1 Å². The summed E-state index contributed by atoms with van der Waals surface area (Å²) in [5.74, 6) is -0.384. The van der Waals surface area contributed by atoms with E-state index in [-0.39, 0.29) is 24.4 Å². The second-order valence-electron chi connectivity index (χ2n) is 4.72. The summed E-state index contributed by atoms with van der Waals surface area (Å²) in [4.78, 5) is 16.4. The summed E-state index contributed by atoms with van der Waals surface area (Å²) in [5, 5.41) is 2.99. The van der Waals surface area contributed by atoms with Crippen LogP contribution < -0.4 is 11.1 Å². The number of hydrogen-bond donors (Lipinski definition) is 2. The SMILES string of the molecule is C[C@H](NC(=O)C(CN)c1ccccc1)c1cccnc1. The number of pyridine rings is 1. The van der Waals surface area contributed by atoms with Gasteiger partial charge in [0.15, 0.2) is 0 Å². The Bertz CT molecular complexity index is 542. The molecule has 0 aliphatic carbocycles. The zero-order valence-electron chi connectivity index (χ0n) is 11.5. The topological polar surface area (TPSA) is 68.0 Å². The number of hydrogen-bond acceptors (Lipinski definition) is 3. The van der Waals surface area contributed by atoms with Crippen LogP contribution in [-0.4, -0.2) is 17.4 Å². The monoisotopic (exact) mass is 269 g/mol. The largest absolute Gasteiger partial charge is 0.349 e. The lowest BCUT2D eigenvalue weighted by molar-refractivity contribution is -0.123. The maximum atomic E-state index is 12.3. The molecule has 20 heavy (non-hydrogen) atoms. The number of carbonyl (C=O) groups excluding carboxylic acids is 1. The summed E-state index contributed by atoms with van der Waals surface area (Å²) in [7, 11) is 0. The van der Waals surface area contributed by atoms with Crippen LogP contribution in [0.25, 0.3) is 0 Å². The summed E-state index contributed by atoms with van der Waals surface area (Å²) >= 11 is 0. The minimum absolute atomic E-state index is 0.0601. The van der Waals surface area contributed by atoms with Gasteiger partial charge < -0.3 is 11.1 Å². The van der Waals surface area contributed by atoms with Gasteiger partial charge in [0.05, 0.1) is 12.0 Å². The van der Waals surface area contributed by atoms with E-state index in [0.717, 1.165) is 11.1 Å². The molecule has 2 aromatic rings. The van der Waals surface area contributed by atoms with Gasteiger partial charge >= 0.3 is 0 Å². The van der Waals surface area contributed by atoms with Crippen LogP contribution in [0.15, 0.2) is 54.9 Å². The van der Waals surface area contributed by atoms with E-state index in [9.17, 15) is 4.79 Å². The Labute approximate surface area is 119 Å². The highest BCUT2D eigenvalue weighted by molar-refractivity contribution is 5.84. The molecule has 3 N–H and O–H groups in total. The van der Waals surface area contributed by atoms with E-state index in [1.165, 1.54) is 0 Å². The standard InChI is InChI=1S/C16H19N3O/c1-12(14-8-5-9-18-11-14)19-16(20)15(10-17)13-6-3-2-4-7-13/h2-9,11-12,15H,10,17H2,1H3,(H,19,20)/t12-,15?/m0/s1. The van der Waals surface area contributed by atoms with Crippen LogP contribution in [0.4, 0.5) is 0 Å². The fraction of sp³-hybridized carbons (Fsp3) is 0.250. The second kappa shape index (κ2) is 6.82. The first-order chi connectivity index (χ1) is 9.72. The first-order valence-corrected chi connectivity index (χ1v) is 6.67. The zero-order chi connectivity index (χ0) is 14.4. The summed E-state index contributed by atoms with van der Waals surface area (Å²) in [6.45, 7) is 2.23. The van der Waals surface area contributed by atoms with Crippen LogP contribution in [0.1, 0.15) is 30.0 Å². The highest BCUT2D eigenvalue weighted by Crippen LogP contribution is 2.17. The third-order valence-electron chi connectivity index (χ3n) is 3.30. The highest BCUT2D eigenvalue weighted by Gasteiger charge is 2.20. The molecule has 4 heteroatoms. The lowest BCUT2D eigenvalue weighted by Gasteiger charge is -2.19. The molecule has 0 saturated heterocycles. The first-order valence-electron chi connectivity index (χ1n) is 6.67. The van der Waals surface area contributed by atoms with Crippen molar-refractivity contribution in [3.8, 4) is 0 Å². The minimum atomic E-state index is -0.324. The molecule has 1 unspecified atom stereocenters. The van der Waals surface area contributed by atoms with Crippen molar-refractivity contribution in [2.24, 2.45) is 5.73 Å². The molecule has 4 nitrogen and oxygen atoms in total. The molecular weight excluding hydrogens is 250 g/mol.